The lowest BCUT2D eigenvalue weighted by molar-refractivity contribution is -0.144. The molecule has 31 heavy (non-hydrogen) atoms. The summed E-state index contributed by atoms with van der Waals surface area (Å²) in [7, 11) is 0. The Morgan fingerprint density at radius 2 is 1.74 bits per heavy atom. The van der Waals surface area contributed by atoms with Crippen LogP contribution in [-0.4, -0.2) is 47.6 Å². The zero-order valence-electron chi connectivity index (χ0n) is 16.5. The number of carbonyl (C=O) groups excluding carboxylic acids is 2. The van der Waals surface area contributed by atoms with Gasteiger partial charge in [0.1, 0.15) is 12.3 Å². The van der Waals surface area contributed by atoms with Crippen molar-refractivity contribution in [3.05, 3.63) is 65.2 Å². The van der Waals surface area contributed by atoms with E-state index in [1.165, 1.54) is 18.2 Å². The molecule has 0 aliphatic rings. The van der Waals surface area contributed by atoms with Crippen molar-refractivity contribution in [1.82, 2.24) is 4.90 Å². The van der Waals surface area contributed by atoms with E-state index in [1.54, 1.807) is 19.1 Å². The number of alkyl halides is 3. The third-order valence-electron chi connectivity index (χ3n) is 4.01. The van der Waals surface area contributed by atoms with E-state index in [4.69, 9.17) is 14.6 Å². The van der Waals surface area contributed by atoms with Crippen LogP contribution in [0.5, 0.6) is 5.75 Å². The maximum Gasteiger partial charge on any atom is 0.416 e. The second kappa shape index (κ2) is 10.5. The molecular weight excluding hydrogens is 419 g/mol. The first kappa shape index (κ1) is 23.7. The molecule has 0 aliphatic heterocycles. The molecule has 0 spiro atoms. The standard InChI is InChI=1S/C21H20F3NO6/c1-2-30-19(28)12-25(11-14-6-8-17(9-7-14)31-13-18(26)27)20(29)15-4-3-5-16(10-15)21(22,23)24/h3-10H,2,11-13H2,1H3,(H,26,27). The lowest BCUT2D eigenvalue weighted by Gasteiger charge is -2.22. The molecular formula is C21H20F3NO6. The van der Waals surface area contributed by atoms with Gasteiger partial charge in [-0.25, -0.2) is 4.79 Å². The predicted octanol–water partition coefficient (Wildman–Crippen LogP) is 3.37. The minimum atomic E-state index is -4.62. The zero-order chi connectivity index (χ0) is 23.0. The Bertz CT molecular complexity index is 927. The number of carboxylic acids is 1. The smallest absolute Gasteiger partial charge is 0.416 e. The highest BCUT2D eigenvalue weighted by molar-refractivity contribution is 5.96. The largest absolute Gasteiger partial charge is 0.482 e. The molecule has 0 aromatic heterocycles. The number of hydrogen-bond acceptors (Lipinski definition) is 5. The summed E-state index contributed by atoms with van der Waals surface area (Å²) in [6.07, 6.45) is -4.62. The monoisotopic (exact) mass is 439 g/mol. The van der Waals surface area contributed by atoms with Crippen LogP contribution in [0.3, 0.4) is 0 Å². The molecule has 0 bridgehead atoms. The average Bonchev–Trinajstić information content (AvgIpc) is 2.72. The van der Waals surface area contributed by atoms with Crippen molar-refractivity contribution < 1.29 is 42.1 Å². The number of carbonyl (C=O) groups is 3. The van der Waals surface area contributed by atoms with Gasteiger partial charge >= 0.3 is 18.1 Å². The maximum atomic E-state index is 13.0. The van der Waals surface area contributed by atoms with E-state index in [1.807, 2.05) is 0 Å². The summed E-state index contributed by atoms with van der Waals surface area (Å²) in [5.41, 5.74) is -0.651. The van der Waals surface area contributed by atoms with E-state index in [0.717, 1.165) is 23.1 Å². The Balaban J connectivity index is 2.23. The van der Waals surface area contributed by atoms with Crippen molar-refractivity contribution in [3.8, 4) is 5.75 Å². The van der Waals surface area contributed by atoms with Gasteiger partial charge in [-0.1, -0.05) is 18.2 Å². The second-order valence-electron chi connectivity index (χ2n) is 6.37. The van der Waals surface area contributed by atoms with Crippen molar-refractivity contribution in [2.45, 2.75) is 19.6 Å². The summed E-state index contributed by atoms with van der Waals surface area (Å²) in [5, 5.41) is 8.63. The molecule has 0 aliphatic carbocycles. The fraction of sp³-hybridized carbons (Fsp3) is 0.286. The number of benzene rings is 2. The van der Waals surface area contributed by atoms with Crippen LogP contribution in [0.25, 0.3) is 0 Å². The van der Waals surface area contributed by atoms with Crippen LogP contribution in [0.1, 0.15) is 28.4 Å². The van der Waals surface area contributed by atoms with E-state index >= 15 is 0 Å². The van der Waals surface area contributed by atoms with Crippen LogP contribution >= 0.6 is 0 Å². The Kier molecular flexibility index (Phi) is 8.00. The maximum absolute atomic E-state index is 13.0. The second-order valence-corrected chi connectivity index (χ2v) is 6.37. The number of ether oxygens (including phenoxy) is 2. The van der Waals surface area contributed by atoms with Crippen molar-refractivity contribution in [2.75, 3.05) is 19.8 Å². The summed E-state index contributed by atoms with van der Waals surface area (Å²) in [4.78, 5) is 36.4. The van der Waals surface area contributed by atoms with Gasteiger partial charge in [0.05, 0.1) is 12.2 Å². The first-order chi connectivity index (χ1) is 14.6. The molecule has 0 saturated carbocycles. The van der Waals surface area contributed by atoms with Crippen molar-refractivity contribution in [3.63, 3.8) is 0 Å². The molecule has 2 aromatic carbocycles. The minimum absolute atomic E-state index is 0.0834. The highest BCUT2D eigenvalue weighted by atomic mass is 19.4. The molecule has 1 amide bonds. The minimum Gasteiger partial charge on any atom is -0.482 e. The van der Waals surface area contributed by atoms with Crippen LogP contribution in [0.15, 0.2) is 48.5 Å². The molecule has 7 nitrogen and oxygen atoms in total. The van der Waals surface area contributed by atoms with Crippen molar-refractivity contribution >= 4 is 17.8 Å². The topological polar surface area (TPSA) is 93.1 Å². The number of rotatable bonds is 9. The predicted molar refractivity (Wildman–Crippen MR) is 102 cm³/mol. The molecule has 0 heterocycles. The van der Waals surface area contributed by atoms with E-state index in [2.05, 4.69) is 0 Å². The molecule has 0 radical (unpaired) electrons. The SMILES string of the molecule is CCOC(=O)CN(Cc1ccc(OCC(=O)O)cc1)C(=O)c1cccc(C(F)(F)F)c1. The third kappa shape index (κ3) is 7.32. The molecule has 0 fully saturated rings. The molecule has 2 rings (SSSR count). The van der Waals surface area contributed by atoms with Gasteiger partial charge in [-0.05, 0) is 42.8 Å². The number of amides is 1. The van der Waals surface area contributed by atoms with Gasteiger partial charge < -0.3 is 19.5 Å². The summed E-state index contributed by atoms with van der Waals surface area (Å²) in [5.74, 6) is -2.33. The molecule has 0 saturated heterocycles. The highest BCUT2D eigenvalue weighted by Crippen LogP contribution is 2.30. The normalized spacial score (nSPS) is 11.0. The quantitative estimate of drug-likeness (QED) is 0.603. The van der Waals surface area contributed by atoms with Crippen LogP contribution in [0.4, 0.5) is 13.2 Å². The average molecular weight is 439 g/mol. The number of carboxylic acid groups (broad SMARTS) is 1. The van der Waals surface area contributed by atoms with E-state index in [0.29, 0.717) is 5.56 Å². The van der Waals surface area contributed by atoms with Crippen molar-refractivity contribution in [2.24, 2.45) is 0 Å². The summed E-state index contributed by atoms with van der Waals surface area (Å²) < 4.78 is 48.9. The summed E-state index contributed by atoms with van der Waals surface area (Å²) in [6.45, 7) is 0.600. The first-order valence-corrected chi connectivity index (χ1v) is 9.16. The van der Waals surface area contributed by atoms with E-state index < -0.39 is 42.7 Å². The lowest BCUT2D eigenvalue weighted by Crippen LogP contribution is -2.36. The number of aliphatic carboxylic acids is 1. The number of halogens is 3. The van der Waals surface area contributed by atoms with Gasteiger partial charge in [0.25, 0.3) is 5.91 Å². The molecule has 0 unspecified atom stereocenters. The van der Waals surface area contributed by atoms with Crippen LogP contribution in [0.2, 0.25) is 0 Å². The van der Waals surface area contributed by atoms with Gasteiger partial charge in [-0.15, -0.1) is 0 Å². The highest BCUT2D eigenvalue weighted by Gasteiger charge is 2.31. The number of nitrogens with zero attached hydrogens (tertiary/aromatic N) is 1. The number of esters is 1. The molecule has 2 aromatic rings. The van der Waals surface area contributed by atoms with Crippen LogP contribution < -0.4 is 4.74 Å². The van der Waals surface area contributed by atoms with Gasteiger partial charge in [0.2, 0.25) is 0 Å². The Morgan fingerprint density at radius 1 is 1.06 bits per heavy atom. The van der Waals surface area contributed by atoms with Gasteiger partial charge in [-0.2, -0.15) is 13.2 Å². The molecule has 1 N–H and O–H groups in total. The van der Waals surface area contributed by atoms with E-state index in [-0.39, 0.29) is 24.5 Å². The Morgan fingerprint density at radius 3 is 2.32 bits per heavy atom. The van der Waals surface area contributed by atoms with Gasteiger partial charge in [0, 0.05) is 12.1 Å². The molecule has 166 valence electrons. The van der Waals surface area contributed by atoms with Gasteiger partial charge in [-0.3, -0.25) is 9.59 Å². The lowest BCUT2D eigenvalue weighted by atomic mass is 10.1. The molecule has 0 atom stereocenters. The third-order valence-corrected chi connectivity index (χ3v) is 4.01. The Labute approximate surface area is 176 Å². The van der Waals surface area contributed by atoms with Gasteiger partial charge in [0.15, 0.2) is 6.61 Å². The zero-order valence-corrected chi connectivity index (χ0v) is 16.5. The number of hydrogen-bond donors (Lipinski definition) is 1. The summed E-state index contributed by atoms with van der Waals surface area (Å²) in [6, 6.07) is 9.99. The Hall–Kier alpha value is -3.56. The fourth-order valence-electron chi connectivity index (χ4n) is 2.63. The van der Waals surface area contributed by atoms with E-state index in [9.17, 15) is 27.6 Å². The van der Waals surface area contributed by atoms with Crippen LogP contribution in [-0.2, 0) is 27.0 Å². The van der Waals surface area contributed by atoms with Crippen molar-refractivity contribution in [1.29, 1.82) is 0 Å². The fourth-order valence-corrected chi connectivity index (χ4v) is 2.63. The summed E-state index contributed by atoms with van der Waals surface area (Å²) >= 11 is 0. The molecule has 10 heteroatoms. The van der Waals surface area contributed by atoms with Crippen LogP contribution in [0, 0.1) is 0 Å². The first-order valence-electron chi connectivity index (χ1n) is 9.16.